The first-order valence-corrected chi connectivity index (χ1v) is 8.98. The van der Waals surface area contributed by atoms with Crippen LogP contribution in [0.4, 0.5) is 0 Å². The second-order valence-corrected chi connectivity index (χ2v) is 7.02. The number of aryl methyl sites for hydroxylation is 1. The molecule has 0 aliphatic carbocycles. The fourth-order valence-electron chi connectivity index (χ4n) is 2.21. The summed E-state index contributed by atoms with van der Waals surface area (Å²) in [6, 6.07) is 7.37. The van der Waals surface area contributed by atoms with Crippen molar-refractivity contribution in [2.75, 3.05) is 20.6 Å². The van der Waals surface area contributed by atoms with E-state index < -0.39 is 0 Å². The zero-order valence-corrected chi connectivity index (χ0v) is 16.0. The van der Waals surface area contributed by atoms with E-state index in [1.165, 1.54) is 0 Å². The van der Waals surface area contributed by atoms with Crippen molar-refractivity contribution in [3.63, 3.8) is 0 Å². The predicted octanol–water partition coefficient (Wildman–Crippen LogP) is 3.58. The number of guanidine groups is 1. The Morgan fingerprint density at radius 2 is 2.12 bits per heavy atom. The first kappa shape index (κ1) is 18.5. The molecule has 7 heteroatoms. The summed E-state index contributed by atoms with van der Waals surface area (Å²) in [4.78, 5) is 10.8. The molecule has 0 radical (unpaired) electrons. The summed E-state index contributed by atoms with van der Waals surface area (Å²) in [5.74, 6) is 1.61. The van der Waals surface area contributed by atoms with Gasteiger partial charge in [0, 0.05) is 24.5 Å². The van der Waals surface area contributed by atoms with Crippen molar-refractivity contribution in [3.8, 4) is 5.75 Å². The van der Waals surface area contributed by atoms with E-state index >= 15 is 0 Å². The number of thiazole rings is 1. The largest absolute Gasteiger partial charge is 0.489 e. The molecule has 5 nitrogen and oxygen atoms in total. The lowest BCUT2D eigenvalue weighted by Gasteiger charge is -2.23. The highest BCUT2D eigenvalue weighted by atomic mass is 35.5. The molecule has 24 heavy (non-hydrogen) atoms. The smallest absolute Gasteiger partial charge is 0.193 e. The highest BCUT2D eigenvalue weighted by molar-refractivity contribution is 7.09. The molecular weight excluding hydrogens is 344 g/mol. The molecule has 0 aliphatic heterocycles. The van der Waals surface area contributed by atoms with Gasteiger partial charge in [-0.2, -0.15) is 0 Å². The van der Waals surface area contributed by atoms with Gasteiger partial charge in [-0.25, -0.2) is 4.98 Å². The summed E-state index contributed by atoms with van der Waals surface area (Å²) in [5, 5.41) is 7.18. The highest BCUT2D eigenvalue weighted by Crippen LogP contribution is 2.16. The maximum absolute atomic E-state index is 5.88. The number of aliphatic imine (C=N–C) groups is 1. The van der Waals surface area contributed by atoms with Crippen LogP contribution in [-0.2, 0) is 6.54 Å². The molecule has 1 aromatic carbocycles. The Hall–Kier alpha value is -1.79. The van der Waals surface area contributed by atoms with Gasteiger partial charge in [-0.1, -0.05) is 11.6 Å². The molecule has 0 fully saturated rings. The molecule has 0 bridgehead atoms. The highest BCUT2D eigenvalue weighted by Gasteiger charge is 2.11. The van der Waals surface area contributed by atoms with Gasteiger partial charge >= 0.3 is 0 Å². The summed E-state index contributed by atoms with van der Waals surface area (Å²) in [5.41, 5.74) is 1.05. The summed E-state index contributed by atoms with van der Waals surface area (Å²) in [6.45, 7) is 5.39. The van der Waals surface area contributed by atoms with Gasteiger partial charge in [-0.15, -0.1) is 11.3 Å². The van der Waals surface area contributed by atoms with E-state index in [4.69, 9.17) is 16.3 Å². The fourth-order valence-corrected chi connectivity index (χ4v) is 2.94. The Kier molecular flexibility index (Phi) is 6.87. The second kappa shape index (κ2) is 8.89. The molecule has 1 aromatic heterocycles. The number of nitrogens with zero attached hydrogens (tertiary/aromatic N) is 3. The third-order valence-electron chi connectivity index (χ3n) is 3.34. The number of hydrogen-bond acceptors (Lipinski definition) is 4. The topological polar surface area (TPSA) is 49.8 Å². The normalized spacial score (nSPS) is 12.8. The Labute approximate surface area is 152 Å². The molecule has 0 spiro atoms. The monoisotopic (exact) mass is 366 g/mol. The maximum Gasteiger partial charge on any atom is 0.193 e. The van der Waals surface area contributed by atoms with Gasteiger partial charge in [0.2, 0.25) is 0 Å². The first-order chi connectivity index (χ1) is 11.5. The van der Waals surface area contributed by atoms with E-state index in [9.17, 15) is 0 Å². The maximum atomic E-state index is 5.88. The Balaban J connectivity index is 1.82. The van der Waals surface area contributed by atoms with Crippen LogP contribution >= 0.6 is 22.9 Å². The summed E-state index contributed by atoms with van der Waals surface area (Å²) >= 11 is 7.54. The first-order valence-electron chi connectivity index (χ1n) is 7.73. The van der Waals surface area contributed by atoms with E-state index in [0.29, 0.717) is 11.6 Å². The van der Waals surface area contributed by atoms with Crippen molar-refractivity contribution in [2.45, 2.75) is 26.5 Å². The number of hydrogen-bond donors (Lipinski definition) is 1. The zero-order valence-electron chi connectivity index (χ0n) is 14.4. The molecule has 0 saturated carbocycles. The Morgan fingerprint density at radius 1 is 1.42 bits per heavy atom. The predicted molar refractivity (Wildman–Crippen MR) is 101 cm³/mol. The Morgan fingerprint density at radius 3 is 2.71 bits per heavy atom. The SMILES string of the molecule is CN=C(NCC(C)Oc1ccc(Cl)cc1)N(C)Cc1csc(C)n1. The third kappa shape index (κ3) is 5.69. The number of halogens is 1. The molecule has 2 aromatic rings. The number of aromatic nitrogens is 1. The van der Waals surface area contributed by atoms with Crippen molar-refractivity contribution < 1.29 is 4.74 Å². The minimum absolute atomic E-state index is 0.00200. The molecule has 0 amide bonds. The molecular formula is C17H23ClN4OS. The third-order valence-corrected chi connectivity index (χ3v) is 4.41. The molecule has 1 N–H and O–H groups in total. The molecule has 2 rings (SSSR count). The molecule has 0 saturated heterocycles. The molecule has 1 heterocycles. The number of benzene rings is 1. The van der Waals surface area contributed by atoms with Gasteiger partial charge in [0.1, 0.15) is 11.9 Å². The van der Waals surface area contributed by atoms with Gasteiger partial charge in [0.05, 0.1) is 23.8 Å². The summed E-state index contributed by atoms with van der Waals surface area (Å²) < 4.78 is 5.86. The van der Waals surface area contributed by atoms with E-state index in [1.54, 1.807) is 18.4 Å². The average Bonchev–Trinajstić information content (AvgIpc) is 2.95. The number of ether oxygens (including phenoxy) is 1. The van der Waals surface area contributed by atoms with Crippen molar-refractivity contribution in [1.82, 2.24) is 15.2 Å². The van der Waals surface area contributed by atoms with Gasteiger partial charge in [-0.3, -0.25) is 4.99 Å². The standard InChI is InChI=1S/C17H23ClN4OS/c1-12(23-16-7-5-14(18)6-8-16)9-20-17(19-3)22(4)10-15-11-24-13(2)21-15/h5-8,11-12H,9-10H2,1-4H3,(H,19,20). The van der Waals surface area contributed by atoms with Crippen LogP contribution in [0.2, 0.25) is 5.02 Å². The van der Waals surface area contributed by atoms with Crippen LogP contribution in [0.15, 0.2) is 34.6 Å². The van der Waals surface area contributed by atoms with Crippen molar-refractivity contribution in [1.29, 1.82) is 0 Å². The van der Waals surface area contributed by atoms with Gasteiger partial charge in [-0.05, 0) is 38.1 Å². The van der Waals surface area contributed by atoms with Crippen LogP contribution < -0.4 is 10.1 Å². The lowest BCUT2D eigenvalue weighted by Crippen LogP contribution is -2.42. The van der Waals surface area contributed by atoms with Crippen LogP contribution in [0, 0.1) is 6.92 Å². The van der Waals surface area contributed by atoms with Crippen LogP contribution in [0.25, 0.3) is 0 Å². The van der Waals surface area contributed by atoms with Crippen molar-refractivity contribution >= 4 is 28.9 Å². The van der Waals surface area contributed by atoms with Gasteiger partial charge < -0.3 is 15.0 Å². The van der Waals surface area contributed by atoms with Crippen LogP contribution in [-0.4, -0.2) is 42.6 Å². The van der Waals surface area contributed by atoms with Crippen LogP contribution in [0.5, 0.6) is 5.75 Å². The van der Waals surface area contributed by atoms with Gasteiger partial charge in [0.25, 0.3) is 0 Å². The average molecular weight is 367 g/mol. The van der Waals surface area contributed by atoms with E-state index in [-0.39, 0.29) is 6.10 Å². The molecule has 1 unspecified atom stereocenters. The Bertz CT molecular complexity index is 671. The quantitative estimate of drug-likeness (QED) is 0.627. The molecule has 1 atom stereocenters. The van der Waals surface area contributed by atoms with Crippen LogP contribution in [0.1, 0.15) is 17.6 Å². The summed E-state index contributed by atoms with van der Waals surface area (Å²) in [6.07, 6.45) is -0.00200. The van der Waals surface area contributed by atoms with Gasteiger partial charge in [0.15, 0.2) is 5.96 Å². The van der Waals surface area contributed by atoms with E-state index in [2.05, 4.69) is 20.7 Å². The minimum Gasteiger partial charge on any atom is -0.489 e. The number of nitrogens with one attached hydrogen (secondary N) is 1. The van der Waals surface area contributed by atoms with E-state index in [1.807, 2.05) is 50.1 Å². The van der Waals surface area contributed by atoms with Crippen molar-refractivity contribution in [2.24, 2.45) is 4.99 Å². The lowest BCUT2D eigenvalue weighted by molar-refractivity contribution is 0.222. The minimum atomic E-state index is -0.00200. The fraction of sp³-hybridized carbons (Fsp3) is 0.412. The molecule has 0 aliphatic rings. The second-order valence-electron chi connectivity index (χ2n) is 5.52. The lowest BCUT2D eigenvalue weighted by atomic mass is 10.3. The number of rotatable bonds is 6. The molecule has 130 valence electrons. The van der Waals surface area contributed by atoms with Crippen molar-refractivity contribution in [3.05, 3.63) is 45.4 Å². The zero-order chi connectivity index (χ0) is 17.5. The van der Waals surface area contributed by atoms with Crippen LogP contribution in [0.3, 0.4) is 0 Å². The van der Waals surface area contributed by atoms with E-state index in [0.717, 1.165) is 29.0 Å². The summed E-state index contributed by atoms with van der Waals surface area (Å²) in [7, 11) is 3.77.